The van der Waals surface area contributed by atoms with Crippen LogP contribution in [0.1, 0.15) is 35.8 Å². The highest BCUT2D eigenvalue weighted by Crippen LogP contribution is 2.35. The molecule has 10 heteroatoms. The zero-order valence-electron chi connectivity index (χ0n) is 14.9. The molecule has 1 aliphatic heterocycles. The Morgan fingerprint density at radius 2 is 1.81 bits per heavy atom. The second-order valence-corrected chi connectivity index (χ2v) is 6.66. The summed E-state index contributed by atoms with van der Waals surface area (Å²) >= 11 is 0. The van der Waals surface area contributed by atoms with Crippen molar-refractivity contribution in [3.63, 3.8) is 0 Å². The summed E-state index contributed by atoms with van der Waals surface area (Å²) in [5.41, 5.74) is 5.67. The fourth-order valence-electron chi connectivity index (χ4n) is 3.17. The van der Waals surface area contributed by atoms with Gasteiger partial charge in [-0.15, -0.1) is 0 Å². The zero-order valence-corrected chi connectivity index (χ0v) is 14.9. The number of nitrogens with two attached hydrogens (primary N) is 1. The Kier molecular flexibility index (Phi) is 4.78. The topological polar surface area (TPSA) is 84.9 Å². The largest absolute Gasteiger partial charge is 0.421 e. The first kappa shape index (κ1) is 18.4. The first-order valence-corrected chi connectivity index (χ1v) is 8.37. The summed E-state index contributed by atoms with van der Waals surface area (Å²) in [4.78, 5) is 9.93. The number of aryl methyl sites for hydroxylation is 2. The van der Waals surface area contributed by atoms with E-state index in [1.54, 1.807) is 0 Å². The van der Waals surface area contributed by atoms with Crippen LogP contribution in [0.2, 0.25) is 0 Å². The predicted molar refractivity (Wildman–Crippen MR) is 92.2 cm³/mol. The van der Waals surface area contributed by atoms with Crippen LogP contribution in [0.3, 0.4) is 0 Å². The lowest BCUT2D eigenvalue weighted by atomic mass is 10.1. The van der Waals surface area contributed by atoms with Crippen LogP contribution >= 0.6 is 0 Å². The Morgan fingerprint density at radius 3 is 2.38 bits per heavy atom. The smallest absolute Gasteiger partial charge is 0.383 e. The molecule has 1 saturated heterocycles. The molecule has 0 saturated carbocycles. The standard InChI is InChI=1S/C16H22F3N7/c1-9-12(8-26(24-9)11-4-6-25(3)7-5-11)22-15-21-10(2)13(14(20)23-15)16(17,18)19/h8,11H,4-7H2,1-3H3,(H3,20,21,22,23). The molecule has 142 valence electrons. The molecule has 0 spiro atoms. The van der Waals surface area contributed by atoms with Gasteiger partial charge in [-0.2, -0.15) is 23.3 Å². The zero-order chi connectivity index (χ0) is 19.1. The van der Waals surface area contributed by atoms with Crippen LogP contribution in [0, 0.1) is 13.8 Å². The number of nitrogen functional groups attached to an aromatic ring is 1. The number of likely N-dealkylation sites (tertiary alicyclic amines) is 1. The molecule has 1 fully saturated rings. The lowest BCUT2D eigenvalue weighted by Gasteiger charge is -2.28. The molecular weight excluding hydrogens is 347 g/mol. The highest BCUT2D eigenvalue weighted by Gasteiger charge is 2.36. The SMILES string of the molecule is Cc1nn(C2CCN(C)CC2)cc1Nc1nc(C)c(C(F)(F)F)c(N)n1. The van der Waals surface area contributed by atoms with E-state index < -0.39 is 17.6 Å². The minimum atomic E-state index is -4.58. The van der Waals surface area contributed by atoms with Crippen molar-refractivity contribution >= 4 is 17.5 Å². The van der Waals surface area contributed by atoms with Gasteiger partial charge in [-0.05, 0) is 46.8 Å². The van der Waals surface area contributed by atoms with Gasteiger partial charge < -0.3 is 16.0 Å². The van der Waals surface area contributed by atoms with Gasteiger partial charge in [0, 0.05) is 6.20 Å². The lowest BCUT2D eigenvalue weighted by molar-refractivity contribution is -0.137. The third-order valence-corrected chi connectivity index (χ3v) is 4.63. The van der Waals surface area contributed by atoms with E-state index in [1.807, 2.05) is 17.8 Å². The Hall–Kier alpha value is -2.36. The predicted octanol–water partition coefficient (Wildman–Crippen LogP) is 2.90. The molecule has 1 aliphatic rings. The molecule has 7 nitrogen and oxygen atoms in total. The van der Waals surface area contributed by atoms with Gasteiger partial charge in [0.15, 0.2) is 0 Å². The minimum Gasteiger partial charge on any atom is -0.383 e. The average molecular weight is 369 g/mol. The van der Waals surface area contributed by atoms with Crippen molar-refractivity contribution in [2.75, 3.05) is 31.2 Å². The highest BCUT2D eigenvalue weighted by atomic mass is 19.4. The first-order chi connectivity index (χ1) is 12.1. The first-order valence-electron chi connectivity index (χ1n) is 8.37. The van der Waals surface area contributed by atoms with Crippen LogP contribution < -0.4 is 11.1 Å². The molecule has 0 atom stereocenters. The van der Waals surface area contributed by atoms with Gasteiger partial charge in [0.1, 0.15) is 11.4 Å². The summed E-state index contributed by atoms with van der Waals surface area (Å²) in [5.74, 6) is -0.563. The second kappa shape index (κ2) is 6.75. The molecule has 3 rings (SSSR count). The maximum absolute atomic E-state index is 13.0. The number of halogens is 3. The van der Waals surface area contributed by atoms with Gasteiger partial charge in [0.2, 0.25) is 5.95 Å². The van der Waals surface area contributed by atoms with Crippen LogP contribution in [0.25, 0.3) is 0 Å². The fraction of sp³-hybridized carbons (Fsp3) is 0.562. The number of hydrogen-bond donors (Lipinski definition) is 2. The lowest BCUT2D eigenvalue weighted by Crippen LogP contribution is -2.31. The highest BCUT2D eigenvalue weighted by molar-refractivity contribution is 5.58. The summed E-state index contributed by atoms with van der Waals surface area (Å²) in [6, 6.07) is 0.306. The number of rotatable bonds is 3. The number of anilines is 3. The Balaban J connectivity index is 1.81. The van der Waals surface area contributed by atoms with E-state index >= 15 is 0 Å². The van der Waals surface area contributed by atoms with Gasteiger partial charge in [-0.25, -0.2) is 4.98 Å². The number of piperidine rings is 1. The van der Waals surface area contributed by atoms with Crippen molar-refractivity contribution in [2.45, 2.75) is 38.9 Å². The van der Waals surface area contributed by atoms with Crippen molar-refractivity contribution in [3.8, 4) is 0 Å². The molecule has 2 aromatic rings. The number of hydrogen-bond acceptors (Lipinski definition) is 6. The molecule has 3 N–H and O–H groups in total. The number of alkyl halides is 3. The fourth-order valence-corrected chi connectivity index (χ4v) is 3.17. The van der Waals surface area contributed by atoms with Crippen LogP contribution in [-0.4, -0.2) is 44.8 Å². The van der Waals surface area contributed by atoms with Crippen molar-refractivity contribution in [1.82, 2.24) is 24.6 Å². The van der Waals surface area contributed by atoms with Gasteiger partial charge in [-0.3, -0.25) is 4.68 Å². The van der Waals surface area contributed by atoms with Gasteiger partial charge in [-0.1, -0.05) is 0 Å². The van der Waals surface area contributed by atoms with Gasteiger partial charge >= 0.3 is 6.18 Å². The van der Waals surface area contributed by atoms with Gasteiger partial charge in [0.05, 0.1) is 23.1 Å². The van der Waals surface area contributed by atoms with E-state index in [1.165, 1.54) is 6.92 Å². The molecule has 0 bridgehead atoms. The monoisotopic (exact) mass is 369 g/mol. The molecule has 0 amide bonds. The van der Waals surface area contributed by atoms with Gasteiger partial charge in [0.25, 0.3) is 0 Å². The van der Waals surface area contributed by atoms with E-state index in [4.69, 9.17) is 5.73 Å². The summed E-state index contributed by atoms with van der Waals surface area (Å²) in [7, 11) is 2.09. The van der Waals surface area contributed by atoms with Crippen LogP contribution in [0.4, 0.5) is 30.6 Å². The van der Waals surface area contributed by atoms with Crippen LogP contribution in [0.15, 0.2) is 6.20 Å². The van der Waals surface area contributed by atoms with Crippen molar-refractivity contribution < 1.29 is 13.2 Å². The second-order valence-electron chi connectivity index (χ2n) is 6.66. The summed E-state index contributed by atoms with van der Waals surface area (Å²) in [6.45, 7) is 5.10. The summed E-state index contributed by atoms with van der Waals surface area (Å²) in [6.07, 6.45) is -0.737. The maximum atomic E-state index is 13.0. The molecule has 26 heavy (non-hydrogen) atoms. The van der Waals surface area contributed by atoms with E-state index in [2.05, 4.69) is 32.3 Å². The van der Waals surface area contributed by atoms with E-state index in [0.717, 1.165) is 31.6 Å². The maximum Gasteiger partial charge on any atom is 0.421 e. The molecule has 3 heterocycles. The van der Waals surface area contributed by atoms with Crippen molar-refractivity contribution in [1.29, 1.82) is 0 Å². The Bertz CT molecular complexity index is 769. The van der Waals surface area contributed by atoms with Crippen molar-refractivity contribution in [3.05, 3.63) is 23.1 Å². The minimum absolute atomic E-state index is 0.0269. The van der Waals surface area contributed by atoms with E-state index in [9.17, 15) is 13.2 Å². The van der Waals surface area contributed by atoms with Crippen LogP contribution in [-0.2, 0) is 6.18 Å². The third kappa shape index (κ3) is 3.74. The number of nitrogens with zero attached hydrogens (tertiary/aromatic N) is 5. The molecular formula is C16H22F3N7. The van der Waals surface area contributed by atoms with Crippen LogP contribution in [0.5, 0.6) is 0 Å². The summed E-state index contributed by atoms with van der Waals surface area (Å²) < 4.78 is 40.8. The Morgan fingerprint density at radius 1 is 1.15 bits per heavy atom. The van der Waals surface area contributed by atoms with E-state index in [0.29, 0.717) is 11.7 Å². The molecule has 2 aromatic heterocycles. The number of aromatic nitrogens is 4. The quantitative estimate of drug-likeness (QED) is 0.865. The third-order valence-electron chi connectivity index (χ3n) is 4.63. The van der Waals surface area contributed by atoms with Crippen molar-refractivity contribution in [2.24, 2.45) is 0 Å². The Labute approximate surface area is 149 Å². The average Bonchev–Trinajstić information content (AvgIpc) is 2.86. The molecule has 0 aliphatic carbocycles. The summed E-state index contributed by atoms with van der Waals surface area (Å²) in [5, 5.41) is 7.46. The normalized spacial score (nSPS) is 16.8. The molecule has 0 aromatic carbocycles. The number of nitrogens with one attached hydrogen (secondary N) is 1. The molecule has 0 unspecified atom stereocenters. The van der Waals surface area contributed by atoms with E-state index in [-0.39, 0.29) is 11.6 Å². The molecule has 0 radical (unpaired) electrons.